The predicted molar refractivity (Wildman–Crippen MR) is 164 cm³/mol. The summed E-state index contributed by atoms with van der Waals surface area (Å²) in [5.41, 5.74) is 6.00. The molecule has 2 fully saturated rings. The van der Waals surface area contributed by atoms with E-state index in [1.807, 2.05) is 35.1 Å². The van der Waals surface area contributed by atoms with Crippen LogP contribution in [0.15, 0.2) is 79.3 Å². The highest BCUT2D eigenvalue weighted by Crippen LogP contribution is 2.45. The van der Waals surface area contributed by atoms with Gasteiger partial charge >= 0.3 is 0 Å². The molecule has 4 heterocycles. The first-order valence-corrected chi connectivity index (χ1v) is 15.1. The topological polar surface area (TPSA) is 73.3 Å². The highest BCUT2D eigenvalue weighted by Gasteiger charge is 2.54. The molecule has 9 heteroatoms. The van der Waals surface area contributed by atoms with Crippen molar-refractivity contribution in [1.29, 1.82) is 0 Å². The van der Waals surface area contributed by atoms with Crippen LogP contribution in [-0.4, -0.2) is 67.5 Å². The molecule has 3 aromatic carbocycles. The molecule has 2 aliphatic heterocycles. The van der Waals surface area contributed by atoms with Gasteiger partial charge in [-0.3, -0.25) is 14.4 Å². The Morgan fingerprint density at radius 2 is 1.79 bits per heavy atom. The minimum atomic E-state index is -0.651. The molecule has 1 aliphatic carbocycles. The van der Waals surface area contributed by atoms with Gasteiger partial charge in [0, 0.05) is 49.3 Å². The fourth-order valence-electron chi connectivity index (χ4n) is 7.60. The van der Waals surface area contributed by atoms with E-state index in [0.29, 0.717) is 25.8 Å². The molecular formula is C34H34FN7O. The molecule has 3 aliphatic rings. The maximum absolute atomic E-state index is 14.3. The maximum Gasteiger partial charge on any atom is 0.250 e. The predicted octanol–water partition coefficient (Wildman–Crippen LogP) is 5.31. The van der Waals surface area contributed by atoms with Gasteiger partial charge in [0.25, 0.3) is 0 Å². The van der Waals surface area contributed by atoms with Crippen LogP contribution in [0.2, 0.25) is 0 Å². The number of hydrogen-bond acceptors (Lipinski definition) is 5. The number of hydrogen-bond donors (Lipinski definition) is 1. The molecule has 0 unspecified atom stereocenters. The van der Waals surface area contributed by atoms with Gasteiger partial charge in [0.05, 0.1) is 19.4 Å². The Bertz CT molecular complexity index is 1810. The Morgan fingerprint density at radius 3 is 2.56 bits per heavy atom. The fraction of sp³-hybridized carbons (Fsp3) is 0.324. The highest BCUT2D eigenvalue weighted by molar-refractivity contribution is 5.94. The van der Waals surface area contributed by atoms with E-state index in [2.05, 4.69) is 61.5 Å². The molecule has 0 bridgehead atoms. The molecule has 2 aromatic heterocycles. The number of nitrogens with zero attached hydrogens (tertiary/aromatic N) is 6. The second kappa shape index (κ2) is 10.1. The third-order valence-corrected chi connectivity index (χ3v) is 9.88. The minimum absolute atomic E-state index is 0.148. The number of piperidine rings is 1. The van der Waals surface area contributed by atoms with Crippen molar-refractivity contribution in [1.82, 2.24) is 29.8 Å². The first-order valence-electron chi connectivity index (χ1n) is 15.1. The number of aryl methyl sites for hydroxylation is 1. The van der Waals surface area contributed by atoms with E-state index in [-0.39, 0.29) is 11.7 Å². The third kappa shape index (κ3) is 4.25. The number of benzene rings is 3. The van der Waals surface area contributed by atoms with Gasteiger partial charge in [0.1, 0.15) is 17.1 Å². The summed E-state index contributed by atoms with van der Waals surface area (Å²) in [5.74, 6) is -0.125. The summed E-state index contributed by atoms with van der Waals surface area (Å²) in [6.45, 7) is 5.23. The van der Waals surface area contributed by atoms with E-state index in [1.165, 1.54) is 34.0 Å². The molecule has 1 amide bonds. The molecule has 0 saturated carbocycles. The van der Waals surface area contributed by atoms with Gasteiger partial charge in [0.15, 0.2) is 0 Å². The van der Waals surface area contributed by atoms with Crippen molar-refractivity contribution in [2.45, 2.75) is 44.3 Å². The van der Waals surface area contributed by atoms with E-state index in [0.717, 1.165) is 54.9 Å². The molecule has 1 atom stereocenters. The Labute approximate surface area is 249 Å². The van der Waals surface area contributed by atoms with Gasteiger partial charge in [0.2, 0.25) is 5.91 Å². The largest absolute Gasteiger partial charge is 0.367 e. The van der Waals surface area contributed by atoms with Crippen molar-refractivity contribution >= 4 is 22.4 Å². The number of rotatable bonds is 6. The van der Waals surface area contributed by atoms with Crippen molar-refractivity contribution < 1.29 is 9.18 Å². The van der Waals surface area contributed by atoms with E-state index in [9.17, 15) is 9.18 Å². The molecule has 218 valence electrons. The molecular weight excluding hydrogens is 541 g/mol. The molecule has 1 spiro atoms. The summed E-state index contributed by atoms with van der Waals surface area (Å²) in [6, 6.07) is 20.2. The van der Waals surface area contributed by atoms with Gasteiger partial charge in [-0.25, -0.2) is 4.39 Å². The first-order chi connectivity index (χ1) is 21.0. The zero-order valence-corrected chi connectivity index (χ0v) is 24.2. The van der Waals surface area contributed by atoms with Crippen molar-refractivity contribution in [3.8, 4) is 11.3 Å². The number of aromatic amines is 1. The van der Waals surface area contributed by atoms with E-state index in [4.69, 9.17) is 0 Å². The number of H-pyrrole nitrogens is 1. The Balaban J connectivity index is 1.03. The SMILES string of the molecule is Cc1c[nH]cc1-c1cn(CCN2CN(c3ccc(F)cc3)C3(CCN([C@@H]4Cc5cccc6cccc4c56)CC3)C2=O)nn1. The number of halogens is 1. The summed E-state index contributed by atoms with van der Waals surface area (Å²) < 4.78 is 15.7. The second-order valence-corrected chi connectivity index (χ2v) is 12.2. The van der Waals surface area contributed by atoms with Crippen LogP contribution < -0.4 is 4.90 Å². The Morgan fingerprint density at radius 1 is 1.00 bits per heavy atom. The number of aromatic nitrogens is 4. The Hall–Kier alpha value is -4.50. The van der Waals surface area contributed by atoms with Crippen LogP contribution in [0.25, 0.3) is 22.0 Å². The number of anilines is 1. The average Bonchev–Trinajstić information content (AvgIpc) is 3.81. The maximum atomic E-state index is 14.3. The molecule has 1 N–H and O–H groups in total. The molecule has 5 aromatic rings. The second-order valence-electron chi connectivity index (χ2n) is 12.2. The third-order valence-electron chi connectivity index (χ3n) is 9.88. The van der Waals surface area contributed by atoms with Crippen LogP contribution in [-0.2, 0) is 17.8 Å². The van der Waals surface area contributed by atoms with Gasteiger partial charge in [-0.2, -0.15) is 0 Å². The van der Waals surface area contributed by atoms with Gasteiger partial charge < -0.3 is 14.8 Å². The lowest BCUT2D eigenvalue weighted by Crippen LogP contribution is -2.57. The van der Waals surface area contributed by atoms with Gasteiger partial charge in [-0.1, -0.05) is 41.6 Å². The lowest BCUT2D eigenvalue weighted by Gasteiger charge is -2.45. The van der Waals surface area contributed by atoms with E-state index < -0.39 is 5.54 Å². The number of carbonyl (C=O) groups excluding carboxylic acids is 1. The average molecular weight is 576 g/mol. The zero-order chi connectivity index (χ0) is 29.1. The summed E-state index contributed by atoms with van der Waals surface area (Å²) in [4.78, 5) is 24.1. The van der Waals surface area contributed by atoms with Gasteiger partial charge in [-0.15, -0.1) is 5.10 Å². The number of carbonyl (C=O) groups is 1. The minimum Gasteiger partial charge on any atom is -0.367 e. The zero-order valence-electron chi connectivity index (χ0n) is 24.2. The summed E-state index contributed by atoms with van der Waals surface area (Å²) in [7, 11) is 0. The fourth-order valence-corrected chi connectivity index (χ4v) is 7.60. The standard InChI is InChI=1S/C34H34FN7O/c1-23-19-36-20-29(23)30-21-41(38-37-30)17-16-40-22-42(27-10-8-26(35)9-11-27)34(33(40)43)12-14-39(15-13-34)31-18-25-6-2-4-24-5-3-7-28(31)32(24)25/h2-11,19-21,31,36H,12-18,22H2,1H3/t31-/m1/s1. The van der Waals surface area contributed by atoms with Crippen molar-refractivity contribution in [2.75, 3.05) is 31.2 Å². The molecule has 0 radical (unpaired) electrons. The molecule has 43 heavy (non-hydrogen) atoms. The number of likely N-dealkylation sites (tertiary alicyclic amines) is 1. The van der Waals surface area contributed by atoms with Crippen LogP contribution in [0.1, 0.15) is 35.6 Å². The molecule has 8 rings (SSSR count). The van der Waals surface area contributed by atoms with Crippen LogP contribution in [0.3, 0.4) is 0 Å². The van der Waals surface area contributed by atoms with Crippen LogP contribution in [0.5, 0.6) is 0 Å². The van der Waals surface area contributed by atoms with Crippen molar-refractivity contribution in [3.05, 3.63) is 102 Å². The number of nitrogens with one attached hydrogen (secondary N) is 1. The van der Waals surface area contributed by atoms with E-state index in [1.54, 1.807) is 12.1 Å². The highest BCUT2D eigenvalue weighted by atomic mass is 19.1. The number of amides is 1. The van der Waals surface area contributed by atoms with Crippen molar-refractivity contribution in [2.24, 2.45) is 0 Å². The van der Waals surface area contributed by atoms with Crippen LogP contribution in [0, 0.1) is 12.7 Å². The van der Waals surface area contributed by atoms with E-state index >= 15 is 0 Å². The van der Waals surface area contributed by atoms with Crippen molar-refractivity contribution in [3.63, 3.8) is 0 Å². The molecule has 8 nitrogen and oxygen atoms in total. The monoisotopic (exact) mass is 575 g/mol. The first kappa shape index (κ1) is 26.2. The summed E-state index contributed by atoms with van der Waals surface area (Å²) in [5, 5.41) is 11.4. The lowest BCUT2D eigenvalue weighted by atomic mass is 9.84. The van der Waals surface area contributed by atoms with Gasteiger partial charge in [-0.05, 0) is 77.9 Å². The smallest absolute Gasteiger partial charge is 0.250 e. The normalized spacial score (nSPS) is 19.8. The summed E-state index contributed by atoms with van der Waals surface area (Å²) in [6.07, 6.45) is 8.26. The quantitative estimate of drug-likeness (QED) is 0.297. The summed E-state index contributed by atoms with van der Waals surface area (Å²) >= 11 is 0. The molecule has 2 saturated heterocycles. The van der Waals surface area contributed by atoms with Crippen LogP contribution in [0.4, 0.5) is 10.1 Å². The lowest BCUT2D eigenvalue weighted by molar-refractivity contribution is -0.134. The van der Waals surface area contributed by atoms with Crippen LogP contribution >= 0.6 is 0 Å². The Kier molecular flexibility index (Phi) is 6.11.